The van der Waals surface area contributed by atoms with Gasteiger partial charge < -0.3 is 14.2 Å². The van der Waals surface area contributed by atoms with E-state index in [1.54, 1.807) is 12.1 Å². The van der Waals surface area contributed by atoms with Crippen LogP contribution in [-0.2, 0) is 10.0 Å². The van der Waals surface area contributed by atoms with E-state index in [9.17, 15) is 8.42 Å². The van der Waals surface area contributed by atoms with E-state index in [0.29, 0.717) is 26.2 Å². The van der Waals surface area contributed by atoms with Gasteiger partial charge in [-0.15, -0.1) is 0 Å². The minimum absolute atomic E-state index is 0.102. The number of hydrogen-bond acceptors (Lipinski definition) is 5. The van der Waals surface area contributed by atoms with Crippen molar-refractivity contribution in [1.29, 1.82) is 0 Å². The maximum Gasteiger partial charge on any atom is 0.263 e. The molecule has 0 atom stereocenters. The Labute approximate surface area is 157 Å². The van der Waals surface area contributed by atoms with Crippen LogP contribution in [0.3, 0.4) is 0 Å². The lowest BCUT2D eigenvalue weighted by molar-refractivity contribution is 0.325. The van der Waals surface area contributed by atoms with Gasteiger partial charge in [-0.3, -0.25) is 4.72 Å². The molecule has 0 radical (unpaired) electrons. The predicted molar refractivity (Wildman–Crippen MR) is 98.7 cm³/mol. The smallest absolute Gasteiger partial charge is 0.263 e. The van der Waals surface area contributed by atoms with Gasteiger partial charge in [0.05, 0.1) is 27.0 Å². The second-order valence-corrected chi connectivity index (χ2v) is 8.02. The summed E-state index contributed by atoms with van der Waals surface area (Å²) in [5.74, 6) is 1.08. The fourth-order valence-electron chi connectivity index (χ4n) is 2.03. The summed E-state index contributed by atoms with van der Waals surface area (Å²) in [6, 6.07) is 7.93. The zero-order valence-electron chi connectivity index (χ0n) is 13.1. The van der Waals surface area contributed by atoms with Gasteiger partial charge in [0.15, 0.2) is 11.5 Å². The number of ether oxygens (including phenoxy) is 3. The highest BCUT2D eigenvalue weighted by Gasteiger charge is 2.21. The monoisotopic (exact) mass is 479 g/mol. The van der Waals surface area contributed by atoms with Crippen molar-refractivity contribution in [2.45, 2.75) is 4.90 Å². The normalized spacial score (nSPS) is 11.0. The second kappa shape index (κ2) is 7.62. The summed E-state index contributed by atoms with van der Waals surface area (Å²) < 4.78 is 44.6. The molecule has 0 amide bonds. The summed E-state index contributed by atoms with van der Waals surface area (Å²) in [5.41, 5.74) is 0.288. The largest absolute Gasteiger partial charge is 0.493 e. The number of anilines is 1. The molecule has 0 saturated carbocycles. The van der Waals surface area contributed by atoms with Gasteiger partial charge in [-0.1, -0.05) is 15.9 Å². The van der Waals surface area contributed by atoms with Crippen LogP contribution >= 0.6 is 31.9 Å². The van der Waals surface area contributed by atoms with Crippen molar-refractivity contribution in [1.82, 2.24) is 0 Å². The molecule has 9 heteroatoms. The standard InChI is InChI=1S/C15H15Br2NO5S/c1-21-12-7-10(8-13(22-2)15(12)23-3)18-24(19,20)14-6-9(16)4-5-11(14)17/h4-8,18H,1-3H3. The van der Waals surface area contributed by atoms with Crippen molar-refractivity contribution < 1.29 is 22.6 Å². The number of nitrogens with one attached hydrogen (secondary N) is 1. The van der Waals surface area contributed by atoms with E-state index in [1.807, 2.05) is 0 Å². The Bertz CT molecular complexity index is 830. The summed E-state index contributed by atoms with van der Waals surface area (Å²) >= 11 is 6.52. The summed E-state index contributed by atoms with van der Waals surface area (Å²) in [5, 5.41) is 0. The highest BCUT2D eigenvalue weighted by atomic mass is 79.9. The number of methoxy groups -OCH3 is 3. The molecule has 0 unspecified atom stereocenters. The fourth-order valence-corrected chi connectivity index (χ4v) is 4.58. The number of hydrogen-bond donors (Lipinski definition) is 1. The van der Waals surface area contributed by atoms with Crippen molar-refractivity contribution in [2.75, 3.05) is 26.1 Å². The molecule has 0 aromatic heterocycles. The molecule has 0 aliphatic carbocycles. The van der Waals surface area contributed by atoms with Crippen LogP contribution in [0.25, 0.3) is 0 Å². The summed E-state index contributed by atoms with van der Waals surface area (Å²) in [6.45, 7) is 0. The van der Waals surface area contributed by atoms with Gasteiger partial charge >= 0.3 is 0 Å². The quantitative estimate of drug-likeness (QED) is 0.675. The Hall–Kier alpha value is -1.45. The third-order valence-corrected chi connectivity index (χ3v) is 5.97. The lowest BCUT2D eigenvalue weighted by Crippen LogP contribution is -2.14. The van der Waals surface area contributed by atoms with Gasteiger partial charge in [0.2, 0.25) is 5.75 Å². The SMILES string of the molecule is COc1cc(NS(=O)(=O)c2cc(Br)ccc2Br)cc(OC)c1OC. The molecule has 0 fully saturated rings. The summed E-state index contributed by atoms with van der Waals surface area (Å²) in [7, 11) is 0.578. The van der Waals surface area contributed by atoms with Crippen LogP contribution in [0.15, 0.2) is 44.2 Å². The molecule has 0 aliphatic heterocycles. The lowest BCUT2D eigenvalue weighted by atomic mass is 10.2. The first-order valence-electron chi connectivity index (χ1n) is 6.60. The molecular weight excluding hydrogens is 466 g/mol. The van der Waals surface area contributed by atoms with Crippen LogP contribution in [0.5, 0.6) is 17.2 Å². The molecule has 130 valence electrons. The van der Waals surface area contributed by atoms with Gasteiger partial charge in [0.25, 0.3) is 10.0 Å². The Balaban J connectivity index is 2.48. The van der Waals surface area contributed by atoms with Gasteiger partial charge in [-0.25, -0.2) is 8.42 Å². The molecule has 2 rings (SSSR count). The van der Waals surface area contributed by atoms with Crippen LogP contribution in [0.1, 0.15) is 0 Å². The van der Waals surface area contributed by atoms with E-state index in [-0.39, 0.29) is 10.6 Å². The maximum absolute atomic E-state index is 12.7. The molecule has 0 aliphatic rings. The first-order valence-corrected chi connectivity index (χ1v) is 9.67. The fraction of sp³-hybridized carbons (Fsp3) is 0.200. The van der Waals surface area contributed by atoms with E-state index >= 15 is 0 Å². The molecule has 0 saturated heterocycles. The molecular formula is C15H15Br2NO5S. The minimum Gasteiger partial charge on any atom is -0.493 e. The van der Waals surface area contributed by atoms with Gasteiger partial charge in [-0.05, 0) is 34.1 Å². The molecule has 0 spiro atoms. The number of rotatable bonds is 6. The van der Waals surface area contributed by atoms with E-state index in [2.05, 4.69) is 36.6 Å². The Morgan fingerprint density at radius 3 is 2.00 bits per heavy atom. The van der Waals surface area contributed by atoms with Gasteiger partial charge in [0, 0.05) is 21.1 Å². The van der Waals surface area contributed by atoms with Crippen LogP contribution in [-0.4, -0.2) is 29.7 Å². The minimum atomic E-state index is -3.81. The molecule has 1 N–H and O–H groups in total. The molecule has 6 nitrogen and oxygen atoms in total. The summed E-state index contributed by atoms with van der Waals surface area (Å²) in [4.78, 5) is 0.102. The molecule has 0 heterocycles. The van der Waals surface area contributed by atoms with E-state index < -0.39 is 10.0 Å². The average molecular weight is 481 g/mol. The van der Waals surface area contributed by atoms with E-state index in [4.69, 9.17) is 14.2 Å². The topological polar surface area (TPSA) is 73.9 Å². The first kappa shape index (κ1) is 18.9. The number of benzene rings is 2. The first-order chi connectivity index (χ1) is 11.3. The Morgan fingerprint density at radius 1 is 0.917 bits per heavy atom. The molecule has 24 heavy (non-hydrogen) atoms. The van der Waals surface area contributed by atoms with E-state index in [0.717, 1.165) is 0 Å². The lowest BCUT2D eigenvalue weighted by Gasteiger charge is -2.15. The molecule has 0 bridgehead atoms. The van der Waals surface area contributed by atoms with Crippen molar-refractivity contribution in [3.05, 3.63) is 39.3 Å². The number of sulfonamides is 1. The second-order valence-electron chi connectivity index (χ2n) is 4.59. The third kappa shape index (κ3) is 3.96. The van der Waals surface area contributed by atoms with Crippen LogP contribution in [0.2, 0.25) is 0 Å². The highest BCUT2D eigenvalue weighted by molar-refractivity contribution is 9.11. The summed E-state index contributed by atoms with van der Waals surface area (Å²) in [6.07, 6.45) is 0. The van der Waals surface area contributed by atoms with Crippen LogP contribution in [0.4, 0.5) is 5.69 Å². The van der Waals surface area contributed by atoms with Crippen LogP contribution < -0.4 is 18.9 Å². The van der Waals surface area contributed by atoms with Crippen molar-refractivity contribution in [3.8, 4) is 17.2 Å². The van der Waals surface area contributed by atoms with Gasteiger partial charge in [-0.2, -0.15) is 0 Å². The maximum atomic E-state index is 12.7. The number of halogens is 2. The third-order valence-electron chi connectivity index (χ3n) is 3.10. The highest BCUT2D eigenvalue weighted by Crippen LogP contribution is 2.40. The van der Waals surface area contributed by atoms with Crippen molar-refractivity contribution >= 4 is 47.6 Å². The van der Waals surface area contributed by atoms with Crippen LogP contribution in [0, 0.1) is 0 Å². The van der Waals surface area contributed by atoms with Crippen molar-refractivity contribution in [2.24, 2.45) is 0 Å². The van der Waals surface area contributed by atoms with E-state index in [1.165, 1.54) is 39.5 Å². The molecule has 2 aromatic carbocycles. The zero-order valence-corrected chi connectivity index (χ0v) is 17.1. The average Bonchev–Trinajstić information content (AvgIpc) is 2.55. The Morgan fingerprint density at radius 2 is 1.50 bits per heavy atom. The predicted octanol–water partition coefficient (Wildman–Crippen LogP) is 4.04. The zero-order chi connectivity index (χ0) is 17.9. The Kier molecular flexibility index (Phi) is 6.00. The van der Waals surface area contributed by atoms with Gasteiger partial charge in [0.1, 0.15) is 4.90 Å². The van der Waals surface area contributed by atoms with Crippen molar-refractivity contribution in [3.63, 3.8) is 0 Å². The molecule has 2 aromatic rings.